The summed E-state index contributed by atoms with van der Waals surface area (Å²) in [6.45, 7) is 9.86. The van der Waals surface area contributed by atoms with E-state index >= 15 is 0 Å². The third-order valence-corrected chi connectivity index (χ3v) is 3.97. The number of rotatable bonds is 6. The average Bonchev–Trinajstić information content (AvgIpc) is 2.69. The lowest BCUT2D eigenvalue weighted by Crippen LogP contribution is -2.44. The Kier molecular flexibility index (Phi) is 4.05. The molecule has 1 aromatic heterocycles. The van der Waals surface area contributed by atoms with Crippen molar-refractivity contribution in [1.29, 1.82) is 0 Å². The van der Waals surface area contributed by atoms with Crippen molar-refractivity contribution in [3.63, 3.8) is 0 Å². The summed E-state index contributed by atoms with van der Waals surface area (Å²) in [5, 5.41) is 7.93. The van der Waals surface area contributed by atoms with Crippen LogP contribution in [0.3, 0.4) is 0 Å². The number of hydrogen-bond acceptors (Lipinski definition) is 3. The maximum Gasteiger partial charge on any atom is 0.138 e. The van der Waals surface area contributed by atoms with Crippen LogP contribution in [0.1, 0.15) is 58.8 Å². The summed E-state index contributed by atoms with van der Waals surface area (Å²) >= 11 is 0. The average molecular weight is 250 g/mol. The Morgan fingerprint density at radius 1 is 1.33 bits per heavy atom. The second-order valence-electron chi connectivity index (χ2n) is 6.28. The first-order valence-corrected chi connectivity index (χ1v) is 7.14. The summed E-state index contributed by atoms with van der Waals surface area (Å²) < 4.78 is 2.06. The van der Waals surface area contributed by atoms with Gasteiger partial charge in [0.2, 0.25) is 0 Å². The first kappa shape index (κ1) is 13.5. The van der Waals surface area contributed by atoms with Crippen LogP contribution in [0.2, 0.25) is 0 Å². The molecule has 4 nitrogen and oxygen atoms in total. The molecule has 0 unspecified atom stereocenters. The van der Waals surface area contributed by atoms with Crippen LogP contribution < -0.4 is 5.32 Å². The second kappa shape index (κ2) is 5.39. The molecule has 1 fully saturated rings. The van der Waals surface area contributed by atoms with Crippen LogP contribution in [0, 0.1) is 5.41 Å². The fourth-order valence-corrected chi connectivity index (χ4v) is 2.68. The molecule has 0 amide bonds. The van der Waals surface area contributed by atoms with Gasteiger partial charge in [-0.1, -0.05) is 20.3 Å². The number of hydrogen-bond donors (Lipinski definition) is 1. The lowest BCUT2D eigenvalue weighted by Gasteiger charge is -2.42. The second-order valence-corrected chi connectivity index (χ2v) is 6.28. The summed E-state index contributed by atoms with van der Waals surface area (Å²) in [6, 6.07) is 0.961. The smallest absolute Gasteiger partial charge is 0.138 e. The standard InChI is InChI=1S/C14H26N4/c1-11(2)15-9-14(6-5-7-14)8-13-16-10-17-18(13)12(3)4/h10-12,15H,5-9H2,1-4H3. The molecule has 0 spiro atoms. The molecule has 0 atom stereocenters. The topological polar surface area (TPSA) is 42.7 Å². The third kappa shape index (κ3) is 2.91. The first-order valence-electron chi connectivity index (χ1n) is 7.14. The molecule has 0 radical (unpaired) electrons. The Morgan fingerprint density at radius 2 is 2.06 bits per heavy atom. The zero-order valence-corrected chi connectivity index (χ0v) is 12.1. The lowest BCUT2D eigenvalue weighted by molar-refractivity contribution is 0.121. The van der Waals surface area contributed by atoms with Gasteiger partial charge in [-0.25, -0.2) is 9.67 Å². The summed E-state index contributed by atoms with van der Waals surface area (Å²) in [6.07, 6.45) is 6.74. The molecule has 102 valence electrons. The van der Waals surface area contributed by atoms with Gasteiger partial charge in [0.15, 0.2) is 0 Å². The fraction of sp³-hybridized carbons (Fsp3) is 0.857. The van der Waals surface area contributed by atoms with E-state index in [1.807, 2.05) is 0 Å². The Labute approximate surface area is 110 Å². The molecule has 1 aliphatic carbocycles. The van der Waals surface area contributed by atoms with E-state index in [-0.39, 0.29) is 0 Å². The van der Waals surface area contributed by atoms with Crippen molar-refractivity contribution in [1.82, 2.24) is 20.1 Å². The van der Waals surface area contributed by atoms with Crippen molar-refractivity contribution in [2.24, 2.45) is 5.41 Å². The normalized spacial score (nSPS) is 18.3. The van der Waals surface area contributed by atoms with Gasteiger partial charge in [0, 0.05) is 25.0 Å². The van der Waals surface area contributed by atoms with Gasteiger partial charge in [0.05, 0.1) is 0 Å². The molecule has 1 aliphatic rings. The van der Waals surface area contributed by atoms with Crippen molar-refractivity contribution in [2.45, 2.75) is 65.5 Å². The largest absolute Gasteiger partial charge is 0.314 e. The molecule has 1 N–H and O–H groups in total. The Balaban J connectivity index is 2.03. The zero-order valence-electron chi connectivity index (χ0n) is 12.1. The predicted octanol–water partition coefficient (Wildman–Crippen LogP) is 2.57. The van der Waals surface area contributed by atoms with E-state index in [0.717, 1.165) is 18.8 Å². The number of nitrogens with one attached hydrogen (secondary N) is 1. The highest BCUT2D eigenvalue weighted by atomic mass is 15.3. The van der Waals surface area contributed by atoms with Gasteiger partial charge in [-0.3, -0.25) is 0 Å². The number of aromatic nitrogens is 3. The van der Waals surface area contributed by atoms with Crippen LogP contribution in [0.15, 0.2) is 6.33 Å². The molecule has 1 saturated carbocycles. The highest BCUT2D eigenvalue weighted by Crippen LogP contribution is 2.43. The molecule has 2 rings (SSSR count). The monoisotopic (exact) mass is 250 g/mol. The summed E-state index contributed by atoms with van der Waals surface area (Å²) in [5.74, 6) is 1.15. The minimum absolute atomic E-state index is 0.401. The quantitative estimate of drug-likeness (QED) is 0.844. The van der Waals surface area contributed by atoms with E-state index in [1.54, 1.807) is 6.33 Å². The van der Waals surface area contributed by atoms with Gasteiger partial charge < -0.3 is 5.32 Å². The van der Waals surface area contributed by atoms with E-state index in [1.165, 1.54) is 19.3 Å². The molecule has 0 aromatic carbocycles. The summed E-state index contributed by atoms with van der Waals surface area (Å²) in [7, 11) is 0. The van der Waals surface area contributed by atoms with Crippen LogP contribution in [0.25, 0.3) is 0 Å². The van der Waals surface area contributed by atoms with Crippen LogP contribution in [-0.4, -0.2) is 27.4 Å². The van der Waals surface area contributed by atoms with Crippen molar-refractivity contribution < 1.29 is 0 Å². The summed E-state index contributed by atoms with van der Waals surface area (Å²) in [4.78, 5) is 4.46. The fourth-order valence-electron chi connectivity index (χ4n) is 2.68. The minimum atomic E-state index is 0.401. The van der Waals surface area contributed by atoms with Gasteiger partial charge in [-0.15, -0.1) is 0 Å². The van der Waals surface area contributed by atoms with Crippen LogP contribution in [-0.2, 0) is 6.42 Å². The van der Waals surface area contributed by atoms with Gasteiger partial charge in [-0.2, -0.15) is 5.10 Å². The van der Waals surface area contributed by atoms with Gasteiger partial charge in [-0.05, 0) is 32.1 Å². The highest BCUT2D eigenvalue weighted by molar-refractivity contribution is 5.00. The molecular formula is C14H26N4. The van der Waals surface area contributed by atoms with Crippen molar-refractivity contribution in [3.05, 3.63) is 12.2 Å². The first-order chi connectivity index (χ1) is 8.52. The maximum absolute atomic E-state index is 4.46. The Bertz CT molecular complexity index is 377. The highest BCUT2D eigenvalue weighted by Gasteiger charge is 2.38. The molecule has 18 heavy (non-hydrogen) atoms. The summed E-state index contributed by atoms with van der Waals surface area (Å²) in [5.41, 5.74) is 0.421. The Hall–Kier alpha value is -0.900. The van der Waals surface area contributed by atoms with Gasteiger partial charge in [0.1, 0.15) is 12.2 Å². The zero-order chi connectivity index (χ0) is 13.2. The van der Waals surface area contributed by atoms with Crippen LogP contribution in [0.4, 0.5) is 0 Å². The number of nitrogens with zero attached hydrogens (tertiary/aromatic N) is 3. The van der Waals surface area contributed by atoms with E-state index in [2.05, 4.69) is 47.8 Å². The van der Waals surface area contributed by atoms with E-state index in [9.17, 15) is 0 Å². The molecule has 0 saturated heterocycles. The predicted molar refractivity (Wildman–Crippen MR) is 73.5 cm³/mol. The molecule has 4 heteroatoms. The molecule has 1 heterocycles. The SMILES string of the molecule is CC(C)NCC1(Cc2ncnn2C(C)C)CCC1. The molecular weight excluding hydrogens is 224 g/mol. The third-order valence-electron chi connectivity index (χ3n) is 3.97. The molecule has 0 bridgehead atoms. The van der Waals surface area contributed by atoms with Gasteiger partial charge in [0.25, 0.3) is 0 Å². The van der Waals surface area contributed by atoms with Crippen molar-refractivity contribution in [3.8, 4) is 0 Å². The lowest BCUT2D eigenvalue weighted by atomic mass is 9.66. The maximum atomic E-state index is 4.46. The van der Waals surface area contributed by atoms with Crippen LogP contribution >= 0.6 is 0 Å². The van der Waals surface area contributed by atoms with Crippen LogP contribution in [0.5, 0.6) is 0 Å². The van der Waals surface area contributed by atoms with Gasteiger partial charge >= 0.3 is 0 Å². The van der Waals surface area contributed by atoms with E-state index < -0.39 is 0 Å². The van der Waals surface area contributed by atoms with E-state index in [0.29, 0.717) is 17.5 Å². The minimum Gasteiger partial charge on any atom is -0.314 e. The molecule has 0 aliphatic heterocycles. The van der Waals surface area contributed by atoms with E-state index in [4.69, 9.17) is 0 Å². The Morgan fingerprint density at radius 3 is 2.56 bits per heavy atom. The molecule has 1 aromatic rings. The van der Waals surface area contributed by atoms with Crippen molar-refractivity contribution in [2.75, 3.05) is 6.54 Å². The van der Waals surface area contributed by atoms with Crippen molar-refractivity contribution >= 4 is 0 Å².